The summed E-state index contributed by atoms with van der Waals surface area (Å²) in [5.74, 6) is 3.22. The molecule has 0 aliphatic carbocycles. The van der Waals surface area contributed by atoms with Crippen molar-refractivity contribution >= 4 is 23.3 Å². The minimum Gasteiger partial charge on any atom is -0.310 e. The fourth-order valence-electron chi connectivity index (χ4n) is 0.941. The Labute approximate surface area is 93.8 Å². The molecule has 1 rings (SSSR count). The molecule has 0 saturated carbocycles. The predicted octanol–water partition coefficient (Wildman–Crippen LogP) is 2.02. The summed E-state index contributed by atoms with van der Waals surface area (Å²) >= 11 is 3.41. The van der Waals surface area contributed by atoms with Gasteiger partial charge in [0.25, 0.3) is 0 Å². The topological polar surface area (TPSA) is 37.8 Å². The molecular weight excluding hydrogens is 214 g/mol. The molecule has 0 amide bonds. The van der Waals surface area contributed by atoms with Crippen LogP contribution >= 0.6 is 23.3 Å². The van der Waals surface area contributed by atoms with Crippen LogP contribution in [0, 0.1) is 5.92 Å². The van der Waals surface area contributed by atoms with Crippen molar-refractivity contribution in [1.29, 1.82) is 0 Å². The smallest absolute Gasteiger partial charge is 0.0893 e. The van der Waals surface area contributed by atoms with Crippen LogP contribution in [0.3, 0.4) is 0 Å². The zero-order valence-corrected chi connectivity index (χ0v) is 10.3. The van der Waals surface area contributed by atoms with Crippen molar-refractivity contribution in [3.05, 3.63) is 11.1 Å². The van der Waals surface area contributed by atoms with Crippen LogP contribution < -0.4 is 5.32 Å². The standard InChI is InChI=1S/C9H17N3S2/c1-8(2)6-13-4-3-10-5-9-7-14-12-11-9/h7-8,10H,3-6H2,1-2H3. The average molecular weight is 231 g/mol. The van der Waals surface area contributed by atoms with E-state index < -0.39 is 0 Å². The van der Waals surface area contributed by atoms with E-state index in [0.717, 1.165) is 24.7 Å². The van der Waals surface area contributed by atoms with Crippen LogP contribution in [0.15, 0.2) is 5.38 Å². The van der Waals surface area contributed by atoms with Gasteiger partial charge in [0.05, 0.1) is 5.69 Å². The number of thioether (sulfide) groups is 1. The van der Waals surface area contributed by atoms with Crippen LogP contribution in [-0.2, 0) is 6.54 Å². The van der Waals surface area contributed by atoms with Gasteiger partial charge < -0.3 is 5.32 Å². The molecule has 1 heterocycles. The van der Waals surface area contributed by atoms with Crippen molar-refractivity contribution < 1.29 is 0 Å². The molecule has 0 spiro atoms. The lowest BCUT2D eigenvalue weighted by Crippen LogP contribution is -2.17. The van der Waals surface area contributed by atoms with E-state index in [4.69, 9.17) is 0 Å². The lowest BCUT2D eigenvalue weighted by molar-refractivity contribution is 0.709. The van der Waals surface area contributed by atoms with Crippen LogP contribution in [0.25, 0.3) is 0 Å². The second kappa shape index (κ2) is 7.20. The first-order valence-electron chi connectivity index (χ1n) is 4.83. The summed E-state index contributed by atoms with van der Waals surface area (Å²) in [6, 6.07) is 0. The Morgan fingerprint density at radius 2 is 2.43 bits per heavy atom. The number of aromatic nitrogens is 2. The molecule has 0 unspecified atom stereocenters. The van der Waals surface area contributed by atoms with Crippen molar-refractivity contribution in [2.45, 2.75) is 20.4 Å². The Kier molecular flexibility index (Phi) is 6.14. The van der Waals surface area contributed by atoms with Crippen molar-refractivity contribution in [3.8, 4) is 0 Å². The number of rotatable bonds is 7. The molecule has 0 aromatic carbocycles. The van der Waals surface area contributed by atoms with Gasteiger partial charge in [-0.25, -0.2) is 0 Å². The highest BCUT2D eigenvalue weighted by atomic mass is 32.2. The third-order valence-corrected chi connectivity index (χ3v) is 3.53. The molecule has 0 bridgehead atoms. The number of nitrogens with zero attached hydrogens (tertiary/aromatic N) is 2. The normalized spacial score (nSPS) is 11.1. The fourth-order valence-corrected chi connectivity index (χ4v) is 2.32. The molecule has 0 fully saturated rings. The second-order valence-corrected chi connectivity index (χ2v) is 5.30. The number of nitrogens with one attached hydrogen (secondary N) is 1. The molecule has 3 nitrogen and oxygen atoms in total. The Bertz CT molecular complexity index is 224. The van der Waals surface area contributed by atoms with E-state index in [9.17, 15) is 0 Å². The van der Waals surface area contributed by atoms with Crippen LogP contribution in [0.1, 0.15) is 19.5 Å². The molecule has 14 heavy (non-hydrogen) atoms. The van der Waals surface area contributed by atoms with Gasteiger partial charge in [-0.15, -0.1) is 5.10 Å². The molecule has 0 aliphatic heterocycles. The Balaban J connectivity index is 1.90. The van der Waals surface area contributed by atoms with E-state index in [0.29, 0.717) is 0 Å². The first kappa shape index (κ1) is 11.9. The van der Waals surface area contributed by atoms with Gasteiger partial charge in [-0.1, -0.05) is 18.3 Å². The molecule has 0 atom stereocenters. The van der Waals surface area contributed by atoms with Gasteiger partial charge in [0, 0.05) is 24.2 Å². The van der Waals surface area contributed by atoms with Gasteiger partial charge in [-0.05, 0) is 23.2 Å². The van der Waals surface area contributed by atoms with E-state index in [1.54, 1.807) is 0 Å². The van der Waals surface area contributed by atoms with Gasteiger partial charge >= 0.3 is 0 Å². The maximum atomic E-state index is 3.96. The first-order valence-corrected chi connectivity index (χ1v) is 6.82. The number of hydrogen-bond donors (Lipinski definition) is 1. The van der Waals surface area contributed by atoms with Crippen molar-refractivity contribution in [3.63, 3.8) is 0 Å². The molecule has 1 N–H and O–H groups in total. The Hall–Kier alpha value is -0.130. The zero-order chi connectivity index (χ0) is 10.2. The lowest BCUT2D eigenvalue weighted by Gasteiger charge is -2.04. The van der Waals surface area contributed by atoms with Crippen LogP contribution in [0.5, 0.6) is 0 Å². The van der Waals surface area contributed by atoms with Gasteiger partial charge in [-0.2, -0.15) is 11.8 Å². The van der Waals surface area contributed by atoms with Gasteiger partial charge in [0.2, 0.25) is 0 Å². The number of hydrogen-bond acceptors (Lipinski definition) is 5. The van der Waals surface area contributed by atoms with E-state index in [1.807, 2.05) is 17.1 Å². The molecule has 1 aromatic rings. The summed E-state index contributed by atoms with van der Waals surface area (Å²) in [4.78, 5) is 0. The van der Waals surface area contributed by atoms with Gasteiger partial charge in [0.1, 0.15) is 0 Å². The van der Waals surface area contributed by atoms with E-state index in [2.05, 4.69) is 28.8 Å². The lowest BCUT2D eigenvalue weighted by atomic mass is 10.3. The Morgan fingerprint density at radius 3 is 3.07 bits per heavy atom. The summed E-state index contributed by atoms with van der Waals surface area (Å²) in [5, 5.41) is 9.29. The molecular formula is C9H17N3S2. The SMILES string of the molecule is CC(C)CSCCNCc1csnn1. The van der Waals surface area contributed by atoms with Crippen LogP contribution in [-0.4, -0.2) is 27.6 Å². The molecule has 80 valence electrons. The van der Waals surface area contributed by atoms with E-state index >= 15 is 0 Å². The largest absolute Gasteiger partial charge is 0.310 e. The van der Waals surface area contributed by atoms with E-state index in [-0.39, 0.29) is 0 Å². The summed E-state index contributed by atoms with van der Waals surface area (Å²) in [7, 11) is 0. The minimum atomic E-state index is 0.794. The third-order valence-electron chi connectivity index (χ3n) is 1.59. The van der Waals surface area contributed by atoms with Gasteiger partial charge in [-0.3, -0.25) is 0 Å². The monoisotopic (exact) mass is 231 g/mol. The fraction of sp³-hybridized carbons (Fsp3) is 0.778. The maximum Gasteiger partial charge on any atom is 0.0893 e. The van der Waals surface area contributed by atoms with Crippen molar-refractivity contribution in [2.24, 2.45) is 5.92 Å². The molecule has 1 aromatic heterocycles. The second-order valence-electron chi connectivity index (χ2n) is 3.54. The average Bonchev–Trinajstić information content (AvgIpc) is 2.63. The highest BCUT2D eigenvalue weighted by molar-refractivity contribution is 7.99. The maximum absolute atomic E-state index is 3.96. The Morgan fingerprint density at radius 1 is 1.57 bits per heavy atom. The third kappa shape index (κ3) is 5.57. The minimum absolute atomic E-state index is 0.794. The zero-order valence-electron chi connectivity index (χ0n) is 8.69. The van der Waals surface area contributed by atoms with Crippen molar-refractivity contribution in [2.75, 3.05) is 18.1 Å². The summed E-state index contributed by atoms with van der Waals surface area (Å²) in [5.41, 5.74) is 1.05. The highest BCUT2D eigenvalue weighted by Gasteiger charge is 1.96. The van der Waals surface area contributed by atoms with Crippen LogP contribution in [0.2, 0.25) is 0 Å². The highest BCUT2D eigenvalue weighted by Crippen LogP contribution is 2.05. The predicted molar refractivity (Wildman–Crippen MR) is 63.8 cm³/mol. The summed E-state index contributed by atoms with van der Waals surface area (Å²) in [6.07, 6.45) is 0. The molecule has 5 heteroatoms. The molecule has 0 saturated heterocycles. The van der Waals surface area contributed by atoms with Crippen LogP contribution in [0.4, 0.5) is 0 Å². The molecule has 0 aliphatic rings. The first-order chi connectivity index (χ1) is 6.79. The summed E-state index contributed by atoms with van der Waals surface area (Å²) < 4.78 is 3.81. The summed E-state index contributed by atoms with van der Waals surface area (Å²) in [6.45, 7) is 6.40. The van der Waals surface area contributed by atoms with Gasteiger partial charge in [0.15, 0.2) is 0 Å². The van der Waals surface area contributed by atoms with Crippen molar-refractivity contribution in [1.82, 2.24) is 14.9 Å². The molecule has 0 radical (unpaired) electrons. The quantitative estimate of drug-likeness (QED) is 0.729. The van der Waals surface area contributed by atoms with E-state index in [1.165, 1.54) is 23.0 Å².